The van der Waals surface area contributed by atoms with Gasteiger partial charge in [0.1, 0.15) is 0 Å². The van der Waals surface area contributed by atoms with Gasteiger partial charge in [-0.15, -0.1) is 0 Å². The van der Waals surface area contributed by atoms with Crippen molar-refractivity contribution in [1.82, 2.24) is 10.3 Å². The van der Waals surface area contributed by atoms with Gasteiger partial charge in [-0.1, -0.05) is 22.9 Å². The molecule has 0 bridgehead atoms. The normalized spacial score (nSPS) is 19.6. The van der Waals surface area contributed by atoms with Crippen LogP contribution in [0.25, 0.3) is 10.2 Å². The van der Waals surface area contributed by atoms with Gasteiger partial charge in [0, 0.05) is 11.1 Å². The third-order valence-corrected chi connectivity index (χ3v) is 5.82. The van der Waals surface area contributed by atoms with Crippen molar-refractivity contribution in [3.8, 4) is 0 Å². The maximum atomic E-state index is 12.1. The molecule has 1 saturated heterocycles. The first kappa shape index (κ1) is 14.1. The lowest BCUT2D eigenvalue weighted by molar-refractivity contribution is 0.582. The molecule has 0 radical (unpaired) electrons. The van der Waals surface area contributed by atoms with E-state index in [-0.39, 0.29) is 11.8 Å². The Morgan fingerprint density at radius 1 is 1.50 bits per heavy atom. The van der Waals surface area contributed by atoms with E-state index >= 15 is 0 Å². The zero-order valence-electron chi connectivity index (χ0n) is 10.6. The van der Waals surface area contributed by atoms with Crippen LogP contribution in [-0.4, -0.2) is 31.7 Å². The molecular weight excluding hydrogens is 318 g/mol. The van der Waals surface area contributed by atoms with Gasteiger partial charge in [-0.3, -0.25) is 4.72 Å². The molecule has 3 rings (SSSR count). The number of rotatable bonds is 4. The second kappa shape index (κ2) is 5.48. The number of fused-ring (bicyclic) bond motifs is 1. The molecule has 0 saturated carbocycles. The van der Waals surface area contributed by atoms with Crippen molar-refractivity contribution < 1.29 is 8.42 Å². The van der Waals surface area contributed by atoms with Gasteiger partial charge in [-0.25, -0.2) is 13.4 Å². The fourth-order valence-corrected chi connectivity index (χ4v) is 5.03. The summed E-state index contributed by atoms with van der Waals surface area (Å²) in [6, 6.07) is 5.34. The number of sulfonamides is 1. The number of benzene rings is 1. The van der Waals surface area contributed by atoms with Crippen LogP contribution in [-0.2, 0) is 10.0 Å². The number of halogens is 1. The predicted molar refractivity (Wildman–Crippen MR) is 83.1 cm³/mol. The number of nitrogens with zero attached hydrogens (tertiary/aromatic N) is 1. The highest BCUT2D eigenvalue weighted by Crippen LogP contribution is 2.29. The van der Waals surface area contributed by atoms with E-state index in [2.05, 4.69) is 15.0 Å². The highest BCUT2D eigenvalue weighted by molar-refractivity contribution is 7.92. The molecule has 2 aromatic rings. The molecule has 20 heavy (non-hydrogen) atoms. The van der Waals surface area contributed by atoms with Gasteiger partial charge in [0.2, 0.25) is 10.0 Å². The van der Waals surface area contributed by atoms with Gasteiger partial charge in [-0.2, -0.15) is 0 Å². The minimum atomic E-state index is -3.37. The molecule has 2 N–H and O–H groups in total. The van der Waals surface area contributed by atoms with Crippen LogP contribution in [0.15, 0.2) is 18.2 Å². The summed E-state index contributed by atoms with van der Waals surface area (Å²) >= 11 is 7.20. The Bertz CT molecular complexity index is 723. The van der Waals surface area contributed by atoms with Crippen LogP contribution >= 0.6 is 22.9 Å². The van der Waals surface area contributed by atoms with Crippen molar-refractivity contribution in [1.29, 1.82) is 0 Å². The largest absolute Gasteiger partial charge is 0.313 e. The SMILES string of the molecule is O=S(=O)(CC1CCCN1)Nc1nc2ccc(Cl)cc2s1. The Hall–Kier alpha value is -0.890. The molecule has 1 aliphatic heterocycles. The lowest BCUT2D eigenvalue weighted by Crippen LogP contribution is -2.32. The van der Waals surface area contributed by atoms with E-state index in [1.54, 1.807) is 18.2 Å². The average molecular weight is 332 g/mol. The van der Waals surface area contributed by atoms with Crippen LogP contribution in [0, 0.1) is 0 Å². The maximum Gasteiger partial charge on any atom is 0.236 e. The van der Waals surface area contributed by atoms with Gasteiger partial charge >= 0.3 is 0 Å². The van der Waals surface area contributed by atoms with Crippen molar-refractivity contribution >= 4 is 48.3 Å². The Labute approximate surface area is 126 Å². The quantitative estimate of drug-likeness (QED) is 0.902. The fraction of sp³-hybridized carbons (Fsp3) is 0.417. The second-order valence-corrected chi connectivity index (χ2v) is 8.04. The zero-order chi connectivity index (χ0) is 14.2. The van der Waals surface area contributed by atoms with Crippen LogP contribution in [0.3, 0.4) is 0 Å². The molecule has 8 heteroatoms. The smallest absolute Gasteiger partial charge is 0.236 e. The van der Waals surface area contributed by atoms with Crippen LogP contribution in [0.2, 0.25) is 5.02 Å². The van der Waals surface area contributed by atoms with E-state index in [1.807, 2.05) is 0 Å². The van der Waals surface area contributed by atoms with Gasteiger partial charge in [-0.05, 0) is 37.6 Å². The van der Waals surface area contributed by atoms with Crippen molar-refractivity contribution in [2.75, 3.05) is 17.0 Å². The predicted octanol–water partition coefficient (Wildman–Crippen LogP) is 2.44. The van der Waals surface area contributed by atoms with Crippen molar-refractivity contribution in [3.05, 3.63) is 23.2 Å². The fourth-order valence-electron chi connectivity index (χ4n) is 2.28. The summed E-state index contributed by atoms with van der Waals surface area (Å²) in [7, 11) is -3.37. The summed E-state index contributed by atoms with van der Waals surface area (Å²) in [5, 5.41) is 4.18. The molecule has 1 aromatic heterocycles. The summed E-state index contributed by atoms with van der Waals surface area (Å²) in [5.41, 5.74) is 0.746. The zero-order valence-corrected chi connectivity index (χ0v) is 13.0. The van der Waals surface area contributed by atoms with Gasteiger partial charge in [0.15, 0.2) is 5.13 Å². The van der Waals surface area contributed by atoms with E-state index in [4.69, 9.17) is 11.6 Å². The highest BCUT2D eigenvalue weighted by Gasteiger charge is 2.22. The Balaban J connectivity index is 1.77. The van der Waals surface area contributed by atoms with E-state index < -0.39 is 10.0 Å². The number of aromatic nitrogens is 1. The molecule has 0 spiro atoms. The standard InChI is InChI=1S/C12H14ClN3O2S2/c13-8-3-4-10-11(6-8)19-12(15-10)16-20(17,18)7-9-2-1-5-14-9/h3-4,6,9,14H,1-2,5,7H2,(H,15,16). The lowest BCUT2D eigenvalue weighted by Gasteiger charge is -2.10. The molecule has 1 aromatic carbocycles. The molecular formula is C12H14ClN3O2S2. The summed E-state index contributed by atoms with van der Waals surface area (Å²) in [4.78, 5) is 4.26. The number of anilines is 1. The van der Waals surface area contributed by atoms with E-state index in [1.165, 1.54) is 11.3 Å². The minimum absolute atomic E-state index is 0.0383. The summed E-state index contributed by atoms with van der Waals surface area (Å²) < 4.78 is 27.6. The van der Waals surface area contributed by atoms with Gasteiger partial charge in [0.05, 0.1) is 16.0 Å². The second-order valence-electron chi connectivity index (χ2n) is 4.81. The monoisotopic (exact) mass is 331 g/mol. The van der Waals surface area contributed by atoms with E-state index in [0.29, 0.717) is 10.2 Å². The number of thiazole rings is 1. The Morgan fingerprint density at radius 3 is 3.10 bits per heavy atom. The molecule has 108 valence electrons. The Morgan fingerprint density at radius 2 is 2.35 bits per heavy atom. The number of hydrogen-bond acceptors (Lipinski definition) is 5. The third-order valence-electron chi connectivity index (χ3n) is 3.18. The molecule has 5 nitrogen and oxygen atoms in total. The molecule has 0 amide bonds. The first-order chi connectivity index (χ1) is 9.52. The maximum absolute atomic E-state index is 12.1. The van der Waals surface area contributed by atoms with Crippen molar-refractivity contribution in [3.63, 3.8) is 0 Å². The van der Waals surface area contributed by atoms with E-state index in [0.717, 1.165) is 29.6 Å². The minimum Gasteiger partial charge on any atom is -0.313 e. The van der Waals surface area contributed by atoms with Gasteiger partial charge < -0.3 is 5.32 Å². The third kappa shape index (κ3) is 3.22. The summed E-state index contributed by atoms with van der Waals surface area (Å²) in [6.45, 7) is 0.889. The topological polar surface area (TPSA) is 71.1 Å². The number of hydrogen-bond donors (Lipinski definition) is 2. The van der Waals surface area contributed by atoms with Crippen LogP contribution in [0.5, 0.6) is 0 Å². The van der Waals surface area contributed by atoms with Crippen LogP contribution in [0.4, 0.5) is 5.13 Å². The Kier molecular flexibility index (Phi) is 3.85. The average Bonchev–Trinajstić information content (AvgIpc) is 2.96. The van der Waals surface area contributed by atoms with E-state index in [9.17, 15) is 8.42 Å². The molecule has 2 heterocycles. The summed E-state index contributed by atoms with van der Waals surface area (Å²) in [5.74, 6) is 0.0870. The molecule has 0 aliphatic carbocycles. The molecule has 1 atom stereocenters. The summed E-state index contributed by atoms with van der Waals surface area (Å²) in [6.07, 6.45) is 1.93. The molecule has 1 fully saturated rings. The molecule has 1 unspecified atom stereocenters. The number of nitrogens with one attached hydrogen (secondary N) is 2. The van der Waals surface area contributed by atoms with Crippen molar-refractivity contribution in [2.45, 2.75) is 18.9 Å². The van der Waals surface area contributed by atoms with Crippen LogP contribution < -0.4 is 10.0 Å². The first-order valence-corrected chi connectivity index (χ1v) is 9.16. The van der Waals surface area contributed by atoms with Crippen LogP contribution in [0.1, 0.15) is 12.8 Å². The lowest BCUT2D eigenvalue weighted by atomic mass is 10.3. The van der Waals surface area contributed by atoms with Crippen molar-refractivity contribution in [2.24, 2.45) is 0 Å². The molecule has 1 aliphatic rings. The highest BCUT2D eigenvalue weighted by atomic mass is 35.5. The van der Waals surface area contributed by atoms with Gasteiger partial charge in [0.25, 0.3) is 0 Å². The first-order valence-electron chi connectivity index (χ1n) is 6.32.